The van der Waals surface area contributed by atoms with Crippen LogP contribution in [0.25, 0.3) is 0 Å². The molecule has 0 aliphatic carbocycles. The number of ether oxygens (including phenoxy) is 1. The normalized spacial score (nSPS) is 12.2. The molecule has 2 nitrogen and oxygen atoms in total. The van der Waals surface area contributed by atoms with Gasteiger partial charge in [0.2, 0.25) is 0 Å². The first-order valence-corrected chi connectivity index (χ1v) is 6.36. The van der Waals surface area contributed by atoms with Gasteiger partial charge < -0.3 is 10.5 Å². The predicted octanol–water partition coefficient (Wildman–Crippen LogP) is 4.54. The van der Waals surface area contributed by atoms with Gasteiger partial charge in [0.25, 0.3) is 0 Å². The van der Waals surface area contributed by atoms with Gasteiger partial charge in [-0.15, -0.1) is 0 Å². The monoisotopic (exact) mass is 261 g/mol. The maximum Gasteiger partial charge on any atom is 0.146 e. The fraction of sp³-hybridized carbons (Fsp3) is 0.200. The van der Waals surface area contributed by atoms with Crippen LogP contribution in [-0.2, 0) is 0 Å². The van der Waals surface area contributed by atoms with E-state index in [0.717, 1.165) is 17.7 Å². The molecule has 0 amide bonds. The molecule has 2 N–H and O–H groups in total. The third kappa shape index (κ3) is 3.03. The van der Waals surface area contributed by atoms with Gasteiger partial charge in [0, 0.05) is 6.04 Å². The molecule has 0 radical (unpaired) electrons. The molecule has 0 aromatic heterocycles. The summed E-state index contributed by atoms with van der Waals surface area (Å²) in [7, 11) is 0. The fourth-order valence-corrected chi connectivity index (χ4v) is 1.85. The summed E-state index contributed by atoms with van der Waals surface area (Å²) in [6.07, 6.45) is 0.921. The molecule has 0 aliphatic heterocycles. The van der Waals surface area contributed by atoms with Crippen LogP contribution in [0.3, 0.4) is 0 Å². The number of hydrogen-bond acceptors (Lipinski definition) is 2. The second-order valence-corrected chi connectivity index (χ2v) is 4.52. The average molecular weight is 262 g/mol. The smallest absolute Gasteiger partial charge is 0.146 e. The number of rotatable bonds is 4. The lowest BCUT2D eigenvalue weighted by Crippen LogP contribution is -2.07. The van der Waals surface area contributed by atoms with Gasteiger partial charge in [0.05, 0.1) is 5.02 Å². The highest BCUT2D eigenvalue weighted by molar-refractivity contribution is 6.32. The van der Waals surface area contributed by atoms with Crippen LogP contribution in [0.4, 0.5) is 0 Å². The van der Waals surface area contributed by atoms with E-state index in [1.807, 2.05) is 42.5 Å². The molecule has 94 valence electrons. The third-order valence-electron chi connectivity index (χ3n) is 2.81. The van der Waals surface area contributed by atoms with E-state index in [1.165, 1.54) is 0 Å². The summed E-state index contributed by atoms with van der Waals surface area (Å²) in [5, 5.41) is 0.604. The molecular weight excluding hydrogens is 246 g/mol. The van der Waals surface area contributed by atoms with E-state index in [0.29, 0.717) is 10.8 Å². The van der Waals surface area contributed by atoms with Crippen molar-refractivity contribution < 1.29 is 4.74 Å². The van der Waals surface area contributed by atoms with Crippen molar-refractivity contribution in [2.75, 3.05) is 0 Å². The highest BCUT2D eigenvalue weighted by Crippen LogP contribution is 2.29. The second kappa shape index (κ2) is 5.89. The molecule has 0 bridgehead atoms. The molecular formula is C15H16ClNO. The fourth-order valence-electron chi connectivity index (χ4n) is 1.67. The van der Waals surface area contributed by atoms with Crippen molar-refractivity contribution in [3.63, 3.8) is 0 Å². The maximum atomic E-state index is 6.03. The van der Waals surface area contributed by atoms with Gasteiger partial charge in [-0.05, 0) is 36.2 Å². The predicted molar refractivity (Wildman–Crippen MR) is 75.2 cm³/mol. The number of para-hydroxylation sites is 1. The van der Waals surface area contributed by atoms with Gasteiger partial charge in [0.15, 0.2) is 0 Å². The van der Waals surface area contributed by atoms with Gasteiger partial charge in [-0.25, -0.2) is 0 Å². The van der Waals surface area contributed by atoms with Crippen LogP contribution >= 0.6 is 11.6 Å². The van der Waals surface area contributed by atoms with Crippen molar-refractivity contribution in [3.8, 4) is 11.5 Å². The summed E-state index contributed by atoms with van der Waals surface area (Å²) in [6.45, 7) is 2.07. The Balaban J connectivity index is 2.14. The Bertz CT molecular complexity index is 510. The summed E-state index contributed by atoms with van der Waals surface area (Å²) >= 11 is 6.03. The summed E-state index contributed by atoms with van der Waals surface area (Å²) in [5.74, 6) is 1.42. The second-order valence-electron chi connectivity index (χ2n) is 4.12. The lowest BCUT2D eigenvalue weighted by atomic mass is 10.1. The van der Waals surface area contributed by atoms with Gasteiger partial charge in [-0.1, -0.05) is 42.8 Å². The van der Waals surface area contributed by atoms with Crippen molar-refractivity contribution in [1.29, 1.82) is 0 Å². The Hall–Kier alpha value is -1.51. The Morgan fingerprint density at radius 1 is 1.11 bits per heavy atom. The first kappa shape index (κ1) is 12.9. The standard InChI is InChI=1S/C15H16ClNO/c1-2-14(17)11-7-9-12(10-8-11)18-15-6-4-3-5-13(15)16/h3-10,14H,2,17H2,1H3. The van der Waals surface area contributed by atoms with Crippen LogP contribution in [0.5, 0.6) is 11.5 Å². The molecule has 3 heteroatoms. The molecule has 0 saturated carbocycles. The van der Waals surface area contributed by atoms with E-state index in [4.69, 9.17) is 22.1 Å². The third-order valence-corrected chi connectivity index (χ3v) is 3.12. The quantitative estimate of drug-likeness (QED) is 0.877. The zero-order valence-corrected chi connectivity index (χ0v) is 11.0. The van der Waals surface area contributed by atoms with Crippen LogP contribution in [0, 0.1) is 0 Å². The molecule has 1 atom stereocenters. The molecule has 0 saturated heterocycles. The van der Waals surface area contributed by atoms with Crippen molar-refractivity contribution in [3.05, 3.63) is 59.1 Å². The van der Waals surface area contributed by atoms with E-state index in [1.54, 1.807) is 6.07 Å². The van der Waals surface area contributed by atoms with E-state index >= 15 is 0 Å². The average Bonchev–Trinajstić information content (AvgIpc) is 2.41. The molecule has 1 unspecified atom stereocenters. The molecule has 0 aliphatic rings. The highest BCUT2D eigenvalue weighted by Gasteiger charge is 2.05. The van der Waals surface area contributed by atoms with Crippen LogP contribution in [0.15, 0.2) is 48.5 Å². The van der Waals surface area contributed by atoms with Crippen LogP contribution in [-0.4, -0.2) is 0 Å². The molecule has 0 heterocycles. The number of nitrogens with two attached hydrogens (primary N) is 1. The van der Waals surface area contributed by atoms with E-state index in [9.17, 15) is 0 Å². The van der Waals surface area contributed by atoms with Crippen LogP contribution in [0.1, 0.15) is 24.9 Å². The van der Waals surface area contributed by atoms with Crippen molar-refractivity contribution >= 4 is 11.6 Å². The van der Waals surface area contributed by atoms with Crippen molar-refractivity contribution in [2.24, 2.45) is 5.73 Å². The summed E-state index contributed by atoms with van der Waals surface area (Å²) < 4.78 is 5.70. The SMILES string of the molecule is CCC(N)c1ccc(Oc2ccccc2Cl)cc1. The lowest BCUT2D eigenvalue weighted by molar-refractivity contribution is 0.482. The van der Waals surface area contributed by atoms with Crippen molar-refractivity contribution in [2.45, 2.75) is 19.4 Å². The Morgan fingerprint density at radius 2 is 1.78 bits per heavy atom. The first-order valence-electron chi connectivity index (χ1n) is 5.98. The molecule has 0 spiro atoms. The molecule has 18 heavy (non-hydrogen) atoms. The van der Waals surface area contributed by atoms with Crippen molar-refractivity contribution in [1.82, 2.24) is 0 Å². The topological polar surface area (TPSA) is 35.2 Å². The van der Waals surface area contributed by atoms with Crippen LogP contribution < -0.4 is 10.5 Å². The minimum Gasteiger partial charge on any atom is -0.456 e. The lowest BCUT2D eigenvalue weighted by Gasteiger charge is -2.11. The summed E-state index contributed by atoms with van der Waals surface area (Å²) in [5.41, 5.74) is 7.07. The number of halogens is 1. The Morgan fingerprint density at radius 3 is 2.39 bits per heavy atom. The van der Waals surface area contributed by atoms with Gasteiger partial charge in [-0.2, -0.15) is 0 Å². The molecule has 2 aromatic carbocycles. The largest absolute Gasteiger partial charge is 0.456 e. The zero-order chi connectivity index (χ0) is 13.0. The maximum absolute atomic E-state index is 6.03. The van der Waals surface area contributed by atoms with Gasteiger partial charge >= 0.3 is 0 Å². The van der Waals surface area contributed by atoms with Crippen LogP contribution in [0.2, 0.25) is 5.02 Å². The van der Waals surface area contributed by atoms with E-state index in [2.05, 4.69) is 6.92 Å². The number of hydrogen-bond donors (Lipinski definition) is 1. The van der Waals surface area contributed by atoms with Gasteiger partial charge in [-0.3, -0.25) is 0 Å². The first-order chi connectivity index (χ1) is 8.70. The highest BCUT2D eigenvalue weighted by atomic mass is 35.5. The minimum atomic E-state index is 0.0827. The molecule has 0 fully saturated rings. The molecule has 2 rings (SSSR count). The minimum absolute atomic E-state index is 0.0827. The van der Waals surface area contributed by atoms with Gasteiger partial charge in [0.1, 0.15) is 11.5 Å². The summed E-state index contributed by atoms with van der Waals surface area (Å²) in [4.78, 5) is 0. The van der Waals surface area contributed by atoms with E-state index in [-0.39, 0.29) is 6.04 Å². The zero-order valence-electron chi connectivity index (χ0n) is 10.3. The number of benzene rings is 2. The molecule has 2 aromatic rings. The Kier molecular flexibility index (Phi) is 4.24. The van der Waals surface area contributed by atoms with E-state index < -0.39 is 0 Å². The summed E-state index contributed by atoms with van der Waals surface area (Å²) in [6, 6.07) is 15.3. The Labute approximate surface area is 112 Å².